The molecule has 0 bridgehead atoms. The summed E-state index contributed by atoms with van der Waals surface area (Å²) in [6.07, 6.45) is 5.83. The van der Waals surface area contributed by atoms with Crippen molar-refractivity contribution in [1.82, 2.24) is 4.90 Å². The number of carbonyl (C=O) groups is 1. The molecule has 0 spiro atoms. The van der Waals surface area contributed by atoms with E-state index in [1.54, 1.807) is 0 Å². The van der Waals surface area contributed by atoms with Crippen LogP contribution >= 0.6 is 0 Å². The third-order valence-electron chi connectivity index (χ3n) is 3.54. The first-order chi connectivity index (χ1) is 7.23. The van der Waals surface area contributed by atoms with Crippen LogP contribution in [0.2, 0.25) is 0 Å². The molecule has 1 amide bonds. The van der Waals surface area contributed by atoms with Gasteiger partial charge in [0.2, 0.25) is 5.91 Å². The second-order valence-electron chi connectivity index (χ2n) is 4.78. The Morgan fingerprint density at radius 3 is 2.53 bits per heavy atom. The number of amides is 1. The van der Waals surface area contributed by atoms with E-state index >= 15 is 0 Å². The van der Waals surface area contributed by atoms with E-state index in [2.05, 4.69) is 13.0 Å². The summed E-state index contributed by atoms with van der Waals surface area (Å²) in [5.74, 6) is 0.112. The fraction of sp³-hybridized carbons (Fsp3) is 0.833. The Morgan fingerprint density at radius 2 is 2.20 bits per heavy atom. The van der Waals surface area contributed by atoms with Crippen LogP contribution < -0.4 is 0 Å². The van der Waals surface area contributed by atoms with E-state index in [-0.39, 0.29) is 5.91 Å². The van der Waals surface area contributed by atoms with Gasteiger partial charge in [0.05, 0.1) is 6.07 Å². The van der Waals surface area contributed by atoms with Crippen molar-refractivity contribution in [2.45, 2.75) is 51.5 Å². The van der Waals surface area contributed by atoms with E-state index in [4.69, 9.17) is 5.26 Å². The molecule has 0 saturated heterocycles. The molecule has 15 heavy (non-hydrogen) atoms. The number of nitrogens with zero attached hydrogens (tertiary/aromatic N) is 2. The summed E-state index contributed by atoms with van der Waals surface area (Å²) in [5.41, 5.74) is -0.641. The molecule has 0 aliphatic heterocycles. The van der Waals surface area contributed by atoms with Gasteiger partial charge < -0.3 is 4.90 Å². The molecule has 2 aliphatic rings. The highest BCUT2D eigenvalue weighted by molar-refractivity contribution is 5.87. The second-order valence-corrected chi connectivity index (χ2v) is 4.78. The summed E-state index contributed by atoms with van der Waals surface area (Å²) >= 11 is 0. The number of carbonyl (C=O) groups excluding carboxylic acids is 1. The molecule has 0 unspecified atom stereocenters. The highest BCUT2D eigenvalue weighted by atomic mass is 16.2. The average molecular weight is 206 g/mol. The summed E-state index contributed by atoms with van der Waals surface area (Å²) in [4.78, 5) is 14.2. The summed E-state index contributed by atoms with van der Waals surface area (Å²) in [6, 6.07) is 2.69. The molecule has 0 aromatic heterocycles. The topological polar surface area (TPSA) is 44.1 Å². The van der Waals surface area contributed by atoms with Gasteiger partial charge in [-0.05, 0) is 38.5 Å². The Labute approximate surface area is 91.1 Å². The van der Waals surface area contributed by atoms with E-state index in [0.29, 0.717) is 6.04 Å². The van der Waals surface area contributed by atoms with Gasteiger partial charge in [0.1, 0.15) is 5.41 Å². The second kappa shape index (κ2) is 3.84. The maximum Gasteiger partial charge on any atom is 0.243 e. The minimum atomic E-state index is -0.641. The number of rotatable bonds is 4. The minimum Gasteiger partial charge on any atom is -0.338 e. The number of hydrogen-bond acceptors (Lipinski definition) is 2. The number of nitriles is 1. The van der Waals surface area contributed by atoms with E-state index in [1.165, 1.54) is 0 Å². The van der Waals surface area contributed by atoms with Gasteiger partial charge in [0.25, 0.3) is 0 Å². The van der Waals surface area contributed by atoms with Crippen molar-refractivity contribution in [3.8, 4) is 6.07 Å². The molecule has 0 aromatic rings. The van der Waals surface area contributed by atoms with Crippen LogP contribution in [-0.4, -0.2) is 23.4 Å². The van der Waals surface area contributed by atoms with Crippen molar-refractivity contribution >= 4 is 5.91 Å². The van der Waals surface area contributed by atoms with Crippen molar-refractivity contribution in [3.63, 3.8) is 0 Å². The van der Waals surface area contributed by atoms with Gasteiger partial charge in [-0.2, -0.15) is 5.26 Å². The fourth-order valence-electron chi connectivity index (χ4n) is 2.26. The largest absolute Gasteiger partial charge is 0.338 e. The third kappa shape index (κ3) is 1.73. The Balaban J connectivity index is 2.06. The van der Waals surface area contributed by atoms with E-state index in [9.17, 15) is 4.79 Å². The molecule has 2 fully saturated rings. The lowest BCUT2D eigenvalue weighted by atomic mass is 9.69. The molecule has 3 nitrogen and oxygen atoms in total. The van der Waals surface area contributed by atoms with Crippen LogP contribution in [0.4, 0.5) is 0 Å². The summed E-state index contributed by atoms with van der Waals surface area (Å²) in [5, 5.41) is 9.13. The van der Waals surface area contributed by atoms with Crippen molar-refractivity contribution in [3.05, 3.63) is 0 Å². The minimum absolute atomic E-state index is 0.112. The Hall–Kier alpha value is -1.04. The smallest absolute Gasteiger partial charge is 0.243 e. The Morgan fingerprint density at radius 1 is 1.53 bits per heavy atom. The molecule has 2 rings (SSSR count). The third-order valence-corrected chi connectivity index (χ3v) is 3.54. The highest BCUT2D eigenvalue weighted by Gasteiger charge is 2.49. The standard InChI is InChI=1S/C12H18N2O/c1-2-8-14(10-4-5-10)11(15)12(9-13)6-3-7-12/h10H,2-8H2,1H3. The molecule has 0 aromatic carbocycles. The molecule has 0 N–H and O–H groups in total. The van der Waals surface area contributed by atoms with Crippen molar-refractivity contribution < 1.29 is 4.79 Å². The monoisotopic (exact) mass is 206 g/mol. The summed E-state index contributed by atoms with van der Waals surface area (Å²) in [6.45, 7) is 2.91. The van der Waals surface area contributed by atoms with Gasteiger partial charge in [-0.25, -0.2) is 0 Å². The molecule has 82 valence electrons. The summed E-state index contributed by atoms with van der Waals surface area (Å²) in [7, 11) is 0. The van der Waals surface area contributed by atoms with Crippen molar-refractivity contribution in [1.29, 1.82) is 5.26 Å². The maximum absolute atomic E-state index is 12.3. The predicted molar refractivity (Wildman–Crippen MR) is 56.9 cm³/mol. The van der Waals surface area contributed by atoms with Gasteiger partial charge in [0.15, 0.2) is 0 Å². The van der Waals surface area contributed by atoms with Crippen LogP contribution in [0.3, 0.4) is 0 Å². The molecule has 0 heterocycles. The van der Waals surface area contributed by atoms with Crippen LogP contribution in [-0.2, 0) is 4.79 Å². The van der Waals surface area contributed by atoms with Gasteiger partial charge in [-0.15, -0.1) is 0 Å². The lowest BCUT2D eigenvalue weighted by Crippen LogP contribution is -2.48. The molecule has 0 radical (unpaired) electrons. The van der Waals surface area contributed by atoms with Gasteiger partial charge in [-0.3, -0.25) is 4.79 Å². The molecule has 2 saturated carbocycles. The number of hydrogen-bond donors (Lipinski definition) is 0. The molecular weight excluding hydrogens is 188 g/mol. The van der Waals surface area contributed by atoms with Crippen LogP contribution in [0.15, 0.2) is 0 Å². The van der Waals surface area contributed by atoms with Crippen LogP contribution in [0.1, 0.15) is 45.4 Å². The lowest BCUT2D eigenvalue weighted by Gasteiger charge is -2.38. The van der Waals surface area contributed by atoms with Gasteiger partial charge in [-0.1, -0.05) is 6.92 Å². The van der Waals surface area contributed by atoms with Crippen molar-refractivity contribution in [2.24, 2.45) is 5.41 Å². The predicted octanol–water partition coefficient (Wildman–Crippen LogP) is 2.08. The normalized spacial score (nSPS) is 22.7. The van der Waals surface area contributed by atoms with E-state index < -0.39 is 5.41 Å². The Bertz CT molecular complexity index is 297. The zero-order valence-corrected chi connectivity index (χ0v) is 9.33. The fourth-order valence-corrected chi connectivity index (χ4v) is 2.26. The SMILES string of the molecule is CCCN(C(=O)C1(C#N)CCC1)C1CC1. The Kier molecular flexibility index (Phi) is 2.68. The summed E-state index contributed by atoms with van der Waals surface area (Å²) < 4.78 is 0. The van der Waals surface area contributed by atoms with Crippen LogP contribution in [0.5, 0.6) is 0 Å². The maximum atomic E-state index is 12.3. The van der Waals surface area contributed by atoms with Gasteiger partial charge >= 0.3 is 0 Å². The lowest BCUT2D eigenvalue weighted by molar-refractivity contribution is -0.143. The molecular formula is C12H18N2O. The first kappa shape index (κ1) is 10.5. The first-order valence-electron chi connectivity index (χ1n) is 5.96. The quantitative estimate of drug-likeness (QED) is 0.707. The zero-order chi connectivity index (χ0) is 10.9. The first-order valence-corrected chi connectivity index (χ1v) is 5.96. The van der Waals surface area contributed by atoms with E-state index in [0.717, 1.165) is 45.1 Å². The molecule has 2 aliphatic carbocycles. The van der Waals surface area contributed by atoms with Crippen LogP contribution in [0.25, 0.3) is 0 Å². The highest BCUT2D eigenvalue weighted by Crippen LogP contribution is 2.43. The van der Waals surface area contributed by atoms with Crippen molar-refractivity contribution in [2.75, 3.05) is 6.54 Å². The zero-order valence-electron chi connectivity index (χ0n) is 9.33. The molecule has 0 atom stereocenters. The van der Waals surface area contributed by atoms with E-state index in [1.807, 2.05) is 4.90 Å². The average Bonchev–Trinajstić information content (AvgIpc) is 2.96. The van der Waals surface area contributed by atoms with Crippen LogP contribution in [0, 0.1) is 16.7 Å². The van der Waals surface area contributed by atoms with Gasteiger partial charge in [0, 0.05) is 12.6 Å². The molecule has 3 heteroatoms.